The lowest BCUT2D eigenvalue weighted by atomic mass is 9.89. The smallest absolute Gasteiger partial charge is 0.186 e. The Bertz CT molecular complexity index is 1170. The first-order valence-electron chi connectivity index (χ1n) is 10.8. The first kappa shape index (κ1) is 18.2. The van der Waals surface area contributed by atoms with Crippen LogP contribution in [0.25, 0.3) is 21.1 Å². The van der Waals surface area contributed by atoms with Crippen LogP contribution in [-0.2, 0) is 4.74 Å². The van der Waals surface area contributed by atoms with Crippen LogP contribution in [0.2, 0.25) is 0 Å². The first-order valence-corrected chi connectivity index (χ1v) is 11.6. The van der Waals surface area contributed by atoms with Crippen molar-refractivity contribution in [2.45, 2.75) is 18.8 Å². The van der Waals surface area contributed by atoms with Gasteiger partial charge in [-0.15, -0.1) is 0 Å². The second-order valence-electron chi connectivity index (χ2n) is 8.16. The minimum atomic E-state index is 0.605. The molecule has 2 aliphatic rings. The number of para-hydroxylation sites is 1. The number of benzene rings is 1. The summed E-state index contributed by atoms with van der Waals surface area (Å²) < 4.78 is 6.63. The number of nitrogens with zero attached hydrogens (tertiary/aromatic N) is 4. The highest BCUT2D eigenvalue weighted by Crippen LogP contribution is 2.35. The largest absolute Gasteiger partial charge is 0.378 e. The summed E-state index contributed by atoms with van der Waals surface area (Å²) in [5, 5.41) is 2.46. The number of thiazole rings is 1. The SMILES string of the molecule is c1ccc2c(C3CCN(c4cc5nc(N6CCOCC6)sc5cn4)CC3)c[nH]c2c1. The van der Waals surface area contributed by atoms with Crippen molar-refractivity contribution >= 4 is 43.4 Å². The third-order valence-corrected chi connectivity index (χ3v) is 7.48. The quantitative estimate of drug-likeness (QED) is 0.534. The minimum absolute atomic E-state index is 0.605. The van der Waals surface area contributed by atoms with Gasteiger partial charge in [-0.3, -0.25) is 0 Å². The van der Waals surface area contributed by atoms with Gasteiger partial charge in [0, 0.05) is 55.5 Å². The Kier molecular flexibility index (Phi) is 4.57. The summed E-state index contributed by atoms with van der Waals surface area (Å²) in [6.07, 6.45) is 6.51. The standard InChI is InChI=1S/C23H25N5OS/c1-2-4-19-17(3-1)18(14-24-19)16-5-7-27(8-6-16)22-13-20-21(15-25-22)30-23(26-20)28-9-11-29-12-10-28/h1-4,13-16,24H,5-12H2. The zero-order valence-corrected chi connectivity index (χ0v) is 17.7. The number of piperidine rings is 1. The molecule has 0 radical (unpaired) electrons. The Morgan fingerprint density at radius 2 is 1.87 bits per heavy atom. The summed E-state index contributed by atoms with van der Waals surface area (Å²) >= 11 is 1.73. The fourth-order valence-corrected chi connectivity index (χ4v) is 5.69. The Labute approximate surface area is 179 Å². The predicted molar refractivity (Wildman–Crippen MR) is 123 cm³/mol. The molecular formula is C23H25N5OS. The normalized spacial score (nSPS) is 18.5. The molecule has 2 aliphatic heterocycles. The number of fused-ring (bicyclic) bond motifs is 2. The summed E-state index contributed by atoms with van der Waals surface area (Å²) in [5.74, 6) is 1.66. The molecule has 7 heteroatoms. The van der Waals surface area contributed by atoms with E-state index < -0.39 is 0 Å². The molecule has 0 atom stereocenters. The van der Waals surface area contributed by atoms with Gasteiger partial charge in [0.1, 0.15) is 5.82 Å². The Morgan fingerprint density at radius 1 is 1.03 bits per heavy atom. The molecule has 6 nitrogen and oxygen atoms in total. The number of anilines is 2. The lowest BCUT2D eigenvalue weighted by Gasteiger charge is -2.32. The van der Waals surface area contributed by atoms with E-state index in [1.165, 1.54) is 16.5 Å². The van der Waals surface area contributed by atoms with Crippen molar-refractivity contribution in [3.05, 3.63) is 48.3 Å². The van der Waals surface area contributed by atoms with E-state index in [4.69, 9.17) is 14.7 Å². The van der Waals surface area contributed by atoms with E-state index in [-0.39, 0.29) is 0 Å². The van der Waals surface area contributed by atoms with E-state index >= 15 is 0 Å². The highest BCUT2D eigenvalue weighted by Gasteiger charge is 2.24. The van der Waals surface area contributed by atoms with Crippen LogP contribution < -0.4 is 9.80 Å². The molecule has 0 spiro atoms. The number of nitrogens with one attached hydrogen (secondary N) is 1. The van der Waals surface area contributed by atoms with Crippen LogP contribution in [0.5, 0.6) is 0 Å². The van der Waals surface area contributed by atoms with Crippen LogP contribution in [0.1, 0.15) is 24.3 Å². The van der Waals surface area contributed by atoms with Gasteiger partial charge in [0.2, 0.25) is 0 Å². The molecule has 4 aromatic rings. The maximum Gasteiger partial charge on any atom is 0.186 e. The number of hydrogen-bond donors (Lipinski definition) is 1. The molecule has 0 saturated carbocycles. The molecule has 5 heterocycles. The molecule has 6 rings (SSSR count). The first-order chi connectivity index (χ1) is 14.8. The van der Waals surface area contributed by atoms with E-state index in [9.17, 15) is 0 Å². The number of aromatic amines is 1. The van der Waals surface area contributed by atoms with Gasteiger partial charge in [0.15, 0.2) is 5.13 Å². The summed E-state index contributed by atoms with van der Waals surface area (Å²) in [4.78, 5) is 17.8. The number of H-pyrrole nitrogens is 1. The van der Waals surface area contributed by atoms with Crippen LogP contribution in [0.3, 0.4) is 0 Å². The van der Waals surface area contributed by atoms with Crippen LogP contribution >= 0.6 is 11.3 Å². The number of morpholine rings is 1. The van der Waals surface area contributed by atoms with Gasteiger partial charge in [0.05, 0.1) is 23.4 Å². The fraction of sp³-hybridized carbons (Fsp3) is 0.391. The van der Waals surface area contributed by atoms with Gasteiger partial charge >= 0.3 is 0 Å². The number of rotatable bonds is 3. The van der Waals surface area contributed by atoms with E-state index in [0.717, 1.165) is 73.4 Å². The molecule has 2 saturated heterocycles. The van der Waals surface area contributed by atoms with Gasteiger partial charge in [-0.25, -0.2) is 9.97 Å². The van der Waals surface area contributed by atoms with Crippen molar-refractivity contribution in [3.8, 4) is 0 Å². The number of aromatic nitrogens is 3. The maximum atomic E-state index is 5.47. The van der Waals surface area contributed by atoms with E-state index in [1.807, 2.05) is 6.20 Å². The summed E-state index contributed by atoms with van der Waals surface area (Å²) in [6, 6.07) is 10.8. The zero-order valence-electron chi connectivity index (χ0n) is 16.9. The van der Waals surface area contributed by atoms with Gasteiger partial charge < -0.3 is 19.5 Å². The second-order valence-corrected chi connectivity index (χ2v) is 9.17. The number of pyridine rings is 1. The van der Waals surface area contributed by atoms with Crippen LogP contribution in [0.15, 0.2) is 42.7 Å². The summed E-state index contributed by atoms with van der Waals surface area (Å²) in [7, 11) is 0. The Hall–Kier alpha value is -2.64. The molecule has 154 valence electrons. The average Bonchev–Trinajstić information content (AvgIpc) is 3.44. The summed E-state index contributed by atoms with van der Waals surface area (Å²) in [5.41, 5.74) is 3.76. The van der Waals surface area contributed by atoms with Gasteiger partial charge in [-0.2, -0.15) is 0 Å². The van der Waals surface area contributed by atoms with Gasteiger partial charge in [-0.05, 0) is 30.4 Å². The third-order valence-electron chi connectivity index (χ3n) is 6.41. The van der Waals surface area contributed by atoms with Crippen LogP contribution in [0.4, 0.5) is 10.9 Å². The molecule has 0 aliphatic carbocycles. The van der Waals surface area contributed by atoms with Crippen molar-refractivity contribution in [1.29, 1.82) is 0 Å². The minimum Gasteiger partial charge on any atom is -0.378 e. The third kappa shape index (κ3) is 3.22. The van der Waals surface area contributed by atoms with Gasteiger partial charge in [-0.1, -0.05) is 29.5 Å². The van der Waals surface area contributed by atoms with Crippen LogP contribution in [0, 0.1) is 0 Å². The molecule has 1 aromatic carbocycles. The van der Waals surface area contributed by atoms with E-state index in [1.54, 1.807) is 11.3 Å². The van der Waals surface area contributed by atoms with Crippen molar-refractivity contribution < 1.29 is 4.74 Å². The molecular weight excluding hydrogens is 394 g/mol. The number of hydrogen-bond acceptors (Lipinski definition) is 6. The summed E-state index contributed by atoms with van der Waals surface area (Å²) in [6.45, 7) is 5.46. The second kappa shape index (κ2) is 7.56. The molecule has 1 N–H and O–H groups in total. The molecule has 30 heavy (non-hydrogen) atoms. The topological polar surface area (TPSA) is 57.3 Å². The van der Waals surface area contributed by atoms with E-state index in [0.29, 0.717) is 5.92 Å². The van der Waals surface area contributed by atoms with Crippen molar-refractivity contribution in [2.24, 2.45) is 0 Å². The van der Waals surface area contributed by atoms with Gasteiger partial charge in [0.25, 0.3) is 0 Å². The van der Waals surface area contributed by atoms with Crippen LogP contribution in [-0.4, -0.2) is 54.3 Å². The molecule has 3 aromatic heterocycles. The Morgan fingerprint density at radius 3 is 2.73 bits per heavy atom. The zero-order chi connectivity index (χ0) is 19.9. The Balaban J connectivity index is 1.19. The lowest BCUT2D eigenvalue weighted by Crippen LogP contribution is -2.36. The van der Waals surface area contributed by atoms with Crippen molar-refractivity contribution in [3.63, 3.8) is 0 Å². The fourth-order valence-electron chi connectivity index (χ4n) is 4.73. The molecule has 2 fully saturated rings. The molecule has 0 unspecified atom stereocenters. The highest BCUT2D eigenvalue weighted by molar-refractivity contribution is 7.22. The average molecular weight is 420 g/mol. The highest BCUT2D eigenvalue weighted by atomic mass is 32.1. The number of ether oxygens (including phenoxy) is 1. The lowest BCUT2D eigenvalue weighted by molar-refractivity contribution is 0.122. The predicted octanol–water partition coefficient (Wildman–Crippen LogP) is 4.39. The molecule has 0 bridgehead atoms. The monoisotopic (exact) mass is 419 g/mol. The van der Waals surface area contributed by atoms with Crippen molar-refractivity contribution in [2.75, 3.05) is 49.2 Å². The van der Waals surface area contributed by atoms with Crippen molar-refractivity contribution in [1.82, 2.24) is 15.0 Å². The van der Waals surface area contributed by atoms with E-state index in [2.05, 4.69) is 51.3 Å². The molecule has 0 amide bonds. The maximum absolute atomic E-state index is 5.47.